The van der Waals surface area contributed by atoms with Crippen molar-refractivity contribution in [2.45, 2.75) is 0 Å². The predicted molar refractivity (Wildman–Crippen MR) is 34.7 cm³/mol. The van der Waals surface area contributed by atoms with E-state index in [0.29, 0.717) is 0 Å². The SMILES string of the molecule is O.O.O.O.O.O.O.O.[O]=[Cr](=[O])([OH])[OH]. The molecule has 0 saturated carbocycles. The molecule has 0 fully saturated rings. The number of hydrogen-bond acceptors (Lipinski definition) is 2. The van der Waals surface area contributed by atoms with Crippen LogP contribution in [-0.4, -0.2) is 52.1 Å². The van der Waals surface area contributed by atoms with Gasteiger partial charge in [0.15, 0.2) is 0 Å². The van der Waals surface area contributed by atoms with Gasteiger partial charge in [-0.2, -0.15) is 0 Å². The van der Waals surface area contributed by atoms with Gasteiger partial charge >= 0.3 is 29.5 Å². The van der Waals surface area contributed by atoms with E-state index in [1.54, 1.807) is 0 Å². The minimum atomic E-state index is -5.25. The molecule has 0 unspecified atom stereocenters. The molecule has 0 spiro atoms. The van der Waals surface area contributed by atoms with Crippen molar-refractivity contribution in [2.24, 2.45) is 0 Å². The number of hydrogen-bond donors (Lipinski definition) is 2. The fraction of sp³-hybridized carbons (Fsp3) is 0. The Kier molecular flexibility index (Phi) is 398. The molecule has 0 rings (SSSR count). The van der Waals surface area contributed by atoms with E-state index in [4.69, 9.17) is 15.9 Å². The number of rotatable bonds is 0. The second kappa shape index (κ2) is 41.1. The molecule has 0 saturated heterocycles. The van der Waals surface area contributed by atoms with E-state index in [1.807, 2.05) is 0 Å². The summed E-state index contributed by atoms with van der Waals surface area (Å²) in [7, 11) is 0. The van der Waals surface area contributed by atoms with E-state index in [-0.39, 0.29) is 43.8 Å². The molecule has 13 heavy (non-hydrogen) atoms. The predicted octanol–water partition coefficient (Wildman–Crippen LogP) is -7.95. The van der Waals surface area contributed by atoms with Crippen LogP contribution in [-0.2, 0) is 21.2 Å². The molecular weight excluding hydrogens is 244 g/mol. The fourth-order valence-electron chi connectivity index (χ4n) is 0. The first-order valence-electron chi connectivity index (χ1n) is 0.698. The van der Waals surface area contributed by atoms with E-state index in [2.05, 4.69) is 0 Å². The molecule has 0 amide bonds. The van der Waals surface area contributed by atoms with Crippen LogP contribution in [0.5, 0.6) is 0 Å². The average Bonchev–Trinajstić information content (AvgIpc) is 0.722. The van der Waals surface area contributed by atoms with E-state index >= 15 is 0 Å². The van der Waals surface area contributed by atoms with Gasteiger partial charge in [-0.05, 0) is 0 Å². The summed E-state index contributed by atoms with van der Waals surface area (Å²) in [6.07, 6.45) is 0. The Morgan fingerprint density at radius 1 is 0.538 bits per heavy atom. The van der Waals surface area contributed by atoms with Crippen LogP contribution in [0.4, 0.5) is 0 Å². The van der Waals surface area contributed by atoms with Gasteiger partial charge < -0.3 is 43.8 Å². The Bertz CT molecular complexity index is 88.3. The van der Waals surface area contributed by atoms with Crippen LogP contribution in [0.15, 0.2) is 0 Å². The molecular formula is H18CrO12. The van der Waals surface area contributed by atoms with E-state index in [9.17, 15) is 0 Å². The maximum absolute atomic E-state index is 8.82. The van der Waals surface area contributed by atoms with Crippen LogP contribution in [0, 0.1) is 0 Å². The first kappa shape index (κ1) is 126. The van der Waals surface area contributed by atoms with Crippen molar-refractivity contribution >= 4 is 0 Å². The first-order valence-corrected chi connectivity index (χ1v) is 2.88. The Hall–Kier alpha value is -0.268. The van der Waals surface area contributed by atoms with Crippen molar-refractivity contribution in [1.29, 1.82) is 0 Å². The van der Waals surface area contributed by atoms with Crippen LogP contribution in [0.3, 0.4) is 0 Å². The second-order valence-corrected chi connectivity index (χ2v) is 1.85. The molecule has 13 heteroatoms. The van der Waals surface area contributed by atoms with E-state index < -0.39 is 13.6 Å². The summed E-state index contributed by atoms with van der Waals surface area (Å²) in [5.74, 6) is 0. The van der Waals surface area contributed by atoms with Gasteiger partial charge in [0.05, 0.1) is 0 Å². The van der Waals surface area contributed by atoms with Crippen LogP contribution in [0.25, 0.3) is 0 Å². The van der Waals surface area contributed by atoms with Gasteiger partial charge in [-0.1, -0.05) is 0 Å². The van der Waals surface area contributed by atoms with Crippen molar-refractivity contribution in [2.75, 3.05) is 0 Å². The zero-order valence-electron chi connectivity index (χ0n) is 6.12. The Morgan fingerprint density at radius 3 is 0.538 bits per heavy atom. The monoisotopic (exact) mass is 262 g/mol. The topological polar surface area (TPSA) is 327 Å². The molecule has 0 aliphatic carbocycles. The van der Waals surface area contributed by atoms with Crippen molar-refractivity contribution in [3.05, 3.63) is 0 Å². The van der Waals surface area contributed by atoms with Crippen molar-refractivity contribution < 1.29 is 73.3 Å². The van der Waals surface area contributed by atoms with Crippen LogP contribution >= 0.6 is 0 Å². The third kappa shape index (κ3) is 15500. The molecule has 0 aromatic carbocycles. The third-order valence-electron chi connectivity index (χ3n) is 0. The molecule has 96 valence electrons. The van der Waals surface area contributed by atoms with Gasteiger partial charge in [0.2, 0.25) is 0 Å². The average molecular weight is 262 g/mol. The summed E-state index contributed by atoms with van der Waals surface area (Å²) in [6.45, 7) is 0. The summed E-state index contributed by atoms with van der Waals surface area (Å²) in [5.41, 5.74) is 0. The van der Waals surface area contributed by atoms with Gasteiger partial charge in [-0.25, -0.2) is 0 Å². The molecule has 18 N–H and O–H groups in total. The minimum absolute atomic E-state index is 0. The Morgan fingerprint density at radius 2 is 0.538 bits per heavy atom. The molecule has 0 bridgehead atoms. The van der Waals surface area contributed by atoms with Crippen LogP contribution in [0.1, 0.15) is 0 Å². The van der Waals surface area contributed by atoms with Gasteiger partial charge in [-0.3, -0.25) is 0 Å². The summed E-state index contributed by atoms with van der Waals surface area (Å²) in [5, 5.41) is 0. The quantitative estimate of drug-likeness (QED) is 0.428. The summed E-state index contributed by atoms with van der Waals surface area (Å²) in [4.78, 5) is 0. The first-order chi connectivity index (χ1) is 2.00. The molecule has 0 atom stereocenters. The molecule has 0 aromatic rings. The fourth-order valence-corrected chi connectivity index (χ4v) is 0. The standard InChI is InChI=1S/Cr.10H2O.2O/h;10*1H2;;/q+2;;;;;;;;;;;;/p-2. The summed E-state index contributed by atoms with van der Waals surface area (Å²) < 4.78 is 31.9. The van der Waals surface area contributed by atoms with Gasteiger partial charge in [0, 0.05) is 0 Å². The van der Waals surface area contributed by atoms with E-state index in [0.717, 1.165) is 0 Å². The maximum atomic E-state index is 8.82. The zero-order valence-corrected chi connectivity index (χ0v) is 7.39. The third-order valence-corrected chi connectivity index (χ3v) is 0. The summed E-state index contributed by atoms with van der Waals surface area (Å²) >= 11 is -5.25. The van der Waals surface area contributed by atoms with E-state index in [1.165, 1.54) is 0 Å². The molecule has 0 radical (unpaired) electrons. The normalized spacial score (nSPS) is 4.46. The Balaban J connectivity index is -0.00000000286. The molecule has 0 aromatic heterocycles. The molecule has 0 aliphatic rings. The molecule has 0 aliphatic heterocycles. The summed E-state index contributed by atoms with van der Waals surface area (Å²) in [6, 6.07) is 0. The van der Waals surface area contributed by atoms with Gasteiger partial charge in [-0.15, -0.1) is 0 Å². The molecule has 0 heterocycles. The van der Waals surface area contributed by atoms with Gasteiger partial charge in [0.1, 0.15) is 0 Å². The van der Waals surface area contributed by atoms with Crippen LogP contribution in [0.2, 0.25) is 0 Å². The second-order valence-electron chi connectivity index (χ2n) is 0.448. The Labute approximate surface area is 74.3 Å². The van der Waals surface area contributed by atoms with Crippen molar-refractivity contribution in [1.82, 2.24) is 0 Å². The molecule has 12 nitrogen and oxygen atoms in total. The van der Waals surface area contributed by atoms with Crippen LogP contribution < -0.4 is 0 Å². The van der Waals surface area contributed by atoms with Gasteiger partial charge in [0.25, 0.3) is 0 Å². The van der Waals surface area contributed by atoms with Crippen molar-refractivity contribution in [3.8, 4) is 0 Å². The zero-order chi connectivity index (χ0) is 4.50. The van der Waals surface area contributed by atoms with Crippen molar-refractivity contribution in [3.63, 3.8) is 0 Å².